The van der Waals surface area contributed by atoms with Crippen LogP contribution in [0.4, 0.5) is 18.9 Å². The van der Waals surface area contributed by atoms with Crippen molar-refractivity contribution in [2.75, 3.05) is 18.1 Å². The Hall–Kier alpha value is -3.85. The summed E-state index contributed by atoms with van der Waals surface area (Å²) in [6.45, 7) is 9.36. The fourth-order valence-corrected chi connectivity index (χ4v) is 5.86. The highest BCUT2D eigenvalue weighted by molar-refractivity contribution is 6.08. The molecule has 1 amide bonds. The smallest absolute Gasteiger partial charge is 0.337 e. The number of halogens is 3. The van der Waals surface area contributed by atoms with E-state index in [9.17, 15) is 23.5 Å². The highest BCUT2D eigenvalue weighted by Crippen LogP contribution is 2.48. The van der Waals surface area contributed by atoms with Gasteiger partial charge >= 0.3 is 5.97 Å². The van der Waals surface area contributed by atoms with Gasteiger partial charge < -0.3 is 19.5 Å². The number of rotatable bonds is 5. The Bertz CT molecular complexity index is 1580. The van der Waals surface area contributed by atoms with Gasteiger partial charge in [0.2, 0.25) is 0 Å². The molecule has 0 radical (unpaired) electrons. The van der Waals surface area contributed by atoms with Crippen LogP contribution in [-0.4, -0.2) is 35.7 Å². The van der Waals surface area contributed by atoms with Crippen molar-refractivity contribution >= 4 is 17.6 Å². The zero-order chi connectivity index (χ0) is 29.8. The first-order valence-corrected chi connectivity index (χ1v) is 13.6. The van der Waals surface area contributed by atoms with Gasteiger partial charge in [0.05, 0.1) is 17.8 Å². The first-order chi connectivity index (χ1) is 19.3. The second-order valence-electron chi connectivity index (χ2n) is 11.5. The second-order valence-corrected chi connectivity index (χ2v) is 11.5. The van der Waals surface area contributed by atoms with Crippen molar-refractivity contribution in [3.05, 3.63) is 81.2 Å². The molecule has 3 aromatic carbocycles. The Labute approximate surface area is 236 Å². The number of amides is 1. The molecule has 6 nitrogen and oxygen atoms in total. The standard InChI is InChI=1S/C32H32F3NO5/c1-16-13-25-20(10-11-36(25)30(37)22-14-18(33)8-9-23(22)34)27(26(16)29(31(38)39)41-32(3,4)5)21-15-24(35)28-19(17(21)2)7-6-12-40-28/h8-9,13-15,29H,6-7,10-12H2,1-5H3,(H,38,39). The number of anilines is 1. The molecule has 5 rings (SSSR count). The fourth-order valence-electron chi connectivity index (χ4n) is 5.86. The SMILES string of the molecule is Cc1cc2c(c(-c3cc(F)c4c(c3C)CCCO4)c1C(OC(C)(C)C)C(=O)O)CCN2C(=O)c1cc(F)ccc1F. The number of hydrogen-bond donors (Lipinski definition) is 1. The van der Waals surface area contributed by atoms with E-state index in [0.29, 0.717) is 58.5 Å². The maximum Gasteiger partial charge on any atom is 0.337 e. The summed E-state index contributed by atoms with van der Waals surface area (Å²) in [5, 5.41) is 10.3. The van der Waals surface area contributed by atoms with E-state index in [1.807, 2.05) is 6.92 Å². The molecule has 2 aliphatic rings. The largest absolute Gasteiger partial charge is 0.490 e. The molecular formula is C32H32F3NO5. The molecule has 41 heavy (non-hydrogen) atoms. The molecule has 0 fully saturated rings. The third-order valence-electron chi connectivity index (χ3n) is 7.60. The maximum atomic E-state index is 15.5. The lowest BCUT2D eigenvalue weighted by Crippen LogP contribution is -2.30. The van der Waals surface area contributed by atoms with E-state index in [2.05, 4.69) is 0 Å². The van der Waals surface area contributed by atoms with Crippen LogP contribution < -0.4 is 9.64 Å². The average molecular weight is 568 g/mol. The number of fused-ring (bicyclic) bond motifs is 2. The summed E-state index contributed by atoms with van der Waals surface area (Å²) in [5.41, 5.74) is 3.08. The van der Waals surface area contributed by atoms with Gasteiger partial charge in [-0.3, -0.25) is 4.79 Å². The third-order valence-corrected chi connectivity index (χ3v) is 7.60. The summed E-state index contributed by atoms with van der Waals surface area (Å²) >= 11 is 0. The van der Waals surface area contributed by atoms with Gasteiger partial charge in [-0.05, 0) is 112 Å². The minimum absolute atomic E-state index is 0.146. The number of carbonyl (C=O) groups excluding carboxylic acids is 1. The highest BCUT2D eigenvalue weighted by Gasteiger charge is 2.37. The minimum atomic E-state index is -1.39. The predicted molar refractivity (Wildman–Crippen MR) is 148 cm³/mol. The summed E-state index contributed by atoms with van der Waals surface area (Å²) in [4.78, 5) is 27.5. The van der Waals surface area contributed by atoms with Crippen LogP contribution in [0.3, 0.4) is 0 Å². The lowest BCUT2D eigenvalue weighted by molar-refractivity contribution is -0.160. The van der Waals surface area contributed by atoms with Gasteiger partial charge in [0.15, 0.2) is 17.7 Å². The van der Waals surface area contributed by atoms with E-state index in [1.165, 1.54) is 11.0 Å². The fraction of sp³-hybridized carbons (Fsp3) is 0.375. The Morgan fingerprint density at radius 1 is 1.02 bits per heavy atom. The zero-order valence-corrected chi connectivity index (χ0v) is 23.7. The highest BCUT2D eigenvalue weighted by atomic mass is 19.1. The minimum Gasteiger partial charge on any atom is -0.490 e. The molecule has 2 heterocycles. The van der Waals surface area contributed by atoms with E-state index in [0.717, 1.165) is 23.8 Å². The van der Waals surface area contributed by atoms with Crippen LogP contribution in [0, 0.1) is 31.3 Å². The molecule has 3 aromatic rings. The number of carboxylic acid groups (broad SMARTS) is 1. The molecule has 216 valence electrons. The molecule has 0 aromatic heterocycles. The van der Waals surface area contributed by atoms with E-state index < -0.39 is 46.6 Å². The van der Waals surface area contributed by atoms with Gasteiger partial charge in [-0.15, -0.1) is 0 Å². The van der Waals surface area contributed by atoms with Gasteiger partial charge in [-0.2, -0.15) is 0 Å². The third kappa shape index (κ3) is 5.19. The molecule has 0 spiro atoms. The first kappa shape index (κ1) is 28.7. The molecule has 1 unspecified atom stereocenters. The Balaban J connectivity index is 1.78. The van der Waals surface area contributed by atoms with E-state index in [-0.39, 0.29) is 18.7 Å². The summed E-state index contributed by atoms with van der Waals surface area (Å²) in [7, 11) is 0. The van der Waals surface area contributed by atoms with Crippen LogP contribution >= 0.6 is 0 Å². The quantitative estimate of drug-likeness (QED) is 0.365. The van der Waals surface area contributed by atoms with Crippen molar-refractivity contribution in [3.63, 3.8) is 0 Å². The van der Waals surface area contributed by atoms with E-state index in [1.54, 1.807) is 33.8 Å². The number of nitrogens with zero attached hydrogens (tertiary/aromatic N) is 1. The van der Waals surface area contributed by atoms with Crippen LogP contribution in [0.15, 0.2) is 30.3 Å². The number of aliphatic carboxylic acids is 1. The van der Waals surface area contributed by atoms with Gasteiger partial charge in [-0.1, -0.05) is 0 Å². The summed E-state index contributed by atoms with van der Waals surface area (Å²) in [6, 6.07) is 5.73. The van der Waals surface area contributed by atoms with Crippen LogP contribution in [-0.2, 0) is 22.4 Å². The first-order valence-electron chi connectivity index (χ1n) is 13.6. The molecule has 1 atom stereocenters. The number of hydrogen-bond acceptors (Lipinski definition) is 4. The molecule has 2 aliphatic heterocycles. The van der Waals surface area contributed by atoms with Gasteiger partial charge in [0.1, 0.15) is 11.6 Å². The van der Waals surface area contributed by atoms with Crippen LogP contribution in [0.1, 0.15) is 71.5 Å². The molecule has 0 bridgehead atoms. The average Bonchev–Trinajstić information content (AvgIpc) is 3.32. The Morgan fingerprint density at radius 3 is 2.44 bits per heavy atom. The lowest BCUT2D eigenvalue weighted by atomic mass is 9.83. The molecule has 0 aliphatic carbocycles. The molecule has 9 heteroatoms. The van der Waals surface area contributed by atoms with Crippen molar-refractivity contribution in [2.45, 2.75) is 65.6 Å². The summed E-state index contributed by atoms with van der Waals surface area (Å²) < 4.78 is 55.7. The number of benzene rings is 3. The topological polar surface area (TPSA) is 76.1 Å². The zero-order valence-electron chi connectivity index (χ0n) is 23.7. The van der Waals surface area contributed by atoms with Gasteiger partial charge in [-0.25, -0.2) is 18.0 Å². The van der Waals surface area contributed by atoms with E-state index >= 15 is 4.39 Å². The monoisotopic (exact) mass is 567 g/mol. The summed E-state index contributed by atoms with van der Waals surface area (Å²) in [6.07, 6.45) is 0.203. The Kier molecular flexibility index (Phi) is 7.36. The van der Waals surface area contributed by atoms with Crippen LogP contribution in [0.25, 0.3) is 11.1 Å². The van der Waals surface area contributed by atoms with Crippen LogP contribution in [0.5, 0.6) is 5.75 Å². The van der Waals surface area contributed by atoms with Crippen molar-refractivity contribution in [3.8, 4) is 16.9 Å². The van der Waals surface area contributed by atoms with Crippen molar-refractivity contribution in [1.29, 1.82) is 0 Å². The number of aryl methyl sites for hydroxylation is 1. The maximum absolute atomic E-state index is 15.5. The Morgan fingerprint density at radius 2 is 1.76 bits per heavy atom. The molecular weight excluding hydrogens is 535 g/mol. The number of carbonyl (C=O) groups is 2. The van der Waals surface area contributed by atoms with Gasteiger partial charge in [0, 0.05) is 23.4 Å². The summed E-state index contributed by atoms with van der Waals surface area (Å²) in [5.74, 6) is -3.89. The van der Waals surface area contributed by atoms with Gasteiger partial charge in [0.25, 0.3) is 5.91 Å². The molecule has 0 saturated heterocycles. The van der Waals surface area contributed by atoms with Crippen molar-refractivity contribution < 1.29 is 37.3 Å². The van der Waals surface area contributed by atoms with E-state index in [4.69, 9.17) is 9.47 Å². The predicted octanol–water partition coefficient (Wildman–Crippen LogP) is 6.86. The number of carboxylic acids is 1. The second kappa shape index (κ2) is 10.5. The normalized spacial score (nSPS) is 15.3. The molecule has 0 saturated carbocycles. The number of ether oxygens (including phenoxy) is 2. The lowest BCUT2D eigenvalue weighted by Gasteiger charge is -2.30. The van der Waals surface area contributed by atoms with Crippen LogP contribution in [0.2, 0.25) is 0 Å². The van der Waals surface area contributed by atoms with Crippen molar-refractivity contribution in [1.82, 2.24) is 0 Å². The molecule has 1 N–H and O–H groups in total. The van der Waals surface area contributed by atoms with Crippen molar-refractivity contribution in [2.24, 2.45) is 0 Å².